The van der Waals surface area contributed by atoms with Crippen LogP contribution in [0.4, 0.5) is 0 Å². The first-order chi connectivity index (χ1) is 8.45. The number of carbonyl (C=O) groups excluding carboxylic acids is 2. The molecule has 6 nitrogen and oxygen atoms in total. The van der Waals surface area contributed by atoms with Crippen molar-refractivity contribution in [3.05, 3.63) is 35.4 Å². The summed E-state index contributed by atoms with van der Waals surface area (Å²) < 4.78 is 0. The molecule has 1 aromatic rings. The van der Waals surface area contributed by atoms with Crippen LogP contribution in [0.1, 0.15) is 27.6 Å². The molecule has 2 amide bonds. The van der Waals surface area contributed by atoms with Gasteiger partial charge in [0.15, 0.2) is 0 Å². The number of benzene rings is 1. The number of hydrogen-bond donors (Lipinski definition) is 3. The highest BCUT2D eigenvalue weighted by Gasteiger charge is 2.16. The highest BCUT2D eigenvalue weighted by atomic mass is 16.4. The quantitative estimate of drug-likeness (QED) is 0.713. The SMILES string of the molecule is CNC(=O)c1cccc(C(=O)NC(C)C(=O)O)c1. The molecule has 0 saturated carbocycles. The monoisotopic (exact) mass is 250 g/mol. The van der Waals surface area contributed by atoms with E-state index in [2.05, 4.69) is 10.6 Å². The molecule has 6 heteroatoms. The first-order valence-electron chi connectivity index (χ1n) is 5.31. The highest BCUT2D eigenvalue weighted by molar-refractivity contribution is 6.00. The normalized spacial score (nSPS) is 11.4. The lowest BCUT2D eigenvalue weighted by Crippen LogP contribution is -2.38. The van der Waals surface area contributed by atoms with Crippen molar-refractivity contribution in [2.24, 2.45) is 0 Å². The molecular weight excluding hydrogens is 236 g/mol. The van der Waals surface area contributed by atoms with E-state index >= 15 is 0 Å². The third-order valence-corrected chi connectivity index (χ3v) is 2.33. The molecule has 96 valence electrons. The van der Waals surface area contributed by atoms with E-state index in [0.29, 0.717) is 5.56 Å². The lowest BCUT2D eigenvalue weighted by Gasteiger charge is -2.09. The average Bonchev–Trinajstić information content (AvgIpc) is 2.37. The van der Waals surface area contributed by atoms with Gasteiger partial charge in [-0.15, -0.1) is 0 Å². The molecule has 0 aromatic heterocycles. The third-order valence-electron chi connectivity index (χ3n) is 2.33. The van der Waals surface area contributed by atoms with E-state index in [9.17, 15) is 14.4 Å². The summed E-state index contributed by atoms with van der Waals surface area (Å²) >= 11 is 0. The fourth-order valence-electron chi connectivity index (χ4n) is 1.29. The zero-order valence-corrected chi connectivity index (χ0v) is 10.1. The number of carbonyl (C=O) groups is 3. The summed E-state index contributed by atoms with van der Waals surface area (Å²) in [5, 5.41) is 13.4. The van der Waals surface area contributed by atoms with Gasteiger partial charge in [0.05, 0.1) is 0 Å². The van der Waals surface area contributed by atoms with E-state index < -0.39 is 17.9 Å². The number of nitrogens with one attached hydrogen (secondary N) is 2. The van der Waals surface area contributed by atoms with Crippen molar-refractivity contribution in [2.45, 2.75) is 13.0 Å². The van der Waals surface area contributed by atoms with E-state index in [4.69, 9.17) is 5.11 Å². The Labute approximate surface area is 104 Å². The van der Waals surface area contributed by atoms with E-state index in [1.807, 2.05) is 0 Å². The van der Waals surface area contributed by atoms with Crippen LogP contribution in [0.15, 0.2) is 24.3 Å². The number of hydrogen-bond acceptors (Lipinski definition) is 3. The van der Waals surface area contributed by atoms with Crippen LogP contribution in [-0.4, -0.2) is 36.0 Å². The third kappa shape index (κ3) is 3.31. The highest BCUT2D eigenvalue weighted by Crippen LogP contribution is 2.05. The van der Waals surface area contributed by atoms with Gasteiger partial charge in [0, 0.05) is 18.2 Å². The minimum Gasteiger partial charge on any atom is -0.480 e. The van der Waals surface area contributed by atoms with Crippen LogP contribution < -0.4 is 10.6 Å². The van der Waals surface area contributed by atoms with Gasteiger partial charge >= 0.3 is 5.97 Å². The van der Waals surface area contributed by atoms with E-state index in [0.717, 1.165) is 0 Å². The summed E-state index contributed by atoms with van der Waals surface area (Å²) in [7, 11) is 1.49. The molecule has 1 rings (SSSR count). The molecule has 0 fully saturated rings. The zero-order chi connectivity index (χ0) is 13.7. The molecule has 1 unspecified atom stereocenters. The fourth-order valence-corrected chi connectivity index (χ4v) is 1.29. The summed E-state index contributed by atoms with van der Waals surface area (Å²) in [6.07, 6.45) is 0. The molecule has 0 radical (unpaired) electrons. The molecule has 0 aliphatic heterocycles. The predicted molar refractivity (Wildman–Crippen MR) is 64.4 cm³/mol. The van der Waals surface area contributed by atoms with Gasteiger partial charge in [0.2, 0.25) is 0 Å². The van der Waals surface area contributed by atoms with Crippen molar-refractivity contribution >= 4 is 17.8 Å². The molecule has 0 saturated heterocycles. The van der Waals surface area contributed by atoms with Crippen molar-refractivity contribution in [1.82, 2.24) is 10.6 Å². The van der Waals surface area contributed by atoms with Crippen molar-refractivity contribution < 1.29 is 19.5 Å². The number of carboxylic acid groups (broad SMARTS) is 1. The van der Waals surface area contributed by atoms with Crippen molar-refractivity contribution in [1.29, 1.82) is 0 Å². The Morgan fingerprint density at radius 1 is 1.17 bits per heavy atom. The zero-order valence-electron chi connectivity index (χ0n) is 10.1. The Hall–Kier alpha value is -2.37. The van der Waals surface area contributed by atoms with Gasteiger partial charge in [0.25, 0.3) is 11.8 Å². The van der Waals surface area contributed by atoms with Crippen molar-refractivity contribution in [3.63, 3.8) is 0 Å². The predicted octanol–water partition coefficient (Wildman–Crippen LogP) is 0.249. The minimum atomic E-state index is -1.12. The van der Waals surface area contributed by atoms with E-state index in [1.165, 1.54) is 26.1 Å². The molecule has 0 spiro atoms. The summed E-state index contributed by atoms with van der Waals surface area (Å²) in [5.74, 6) is -1.96. The number of aliphatic carboxylic acids is 1. The second kappa shape index (κ2) is 5.81. The van der Waals surface area contributed by atoms with Crippen LogP contribution in [0.2, 0.25) is 0 Å². The second-order valence-corrected chi connectivity index (χ2v) is 3.69. The van der Waals surface area contributed by atoms with Crippen molar-refractivity contribution in [2.75, 3.05) is 7.05 Å². The first-order valence-corrected chi connectivity index (χ1v) is 5.31. The molecule has 1 atom stereocenters. The number of amides is 2. The van der Waals surface area contributed by atoms with Gasteiger partial charge in [-0.05, 0) is 25.1 Å². The maximum absolute atomic E-state index is 11.7. The fraction of sp³-hybridized carbons (Fsp3) is 0.250. The number of rotatable bonds is 4. The molecule has 3 N–H and O–H groups in total. The van der Waals surface area contributed by atoms with Crippen LogP contribution in [-0.2, 0) is 4.79 Å². The van der Waals surface area contributed by atoms with Gasteiger partial charge in [0.1, 0.15) is 6.04 Å². The maximum Gasteiger partial charge on any atom is 0.325 e. The molecule has 1 aromatic carbocycles. The van der Waals surface area contributed by atoms with Crippen LogP contribution in [0.3, 0.4) is 0 Å². The number of carboxylic acids is 1. The van der Waals surface area contributed by atoms with Crippen LogP contribution in [0.5, 0.6) is 0 Å². The molecule has 18 heavy (non-hydrogen) atoms. The maximum atomic E-state index is 11.7. The van der Waals surface area contributed by atoms with E-state index in [-0.39, 0.29) is 11.5 Å². The Bertz CT molecular complexity index is 485. The molecule has 0 aliphatic rings. The van der Waals surface area contributed by atoms with Gasteiger partial charge < -0.3 is 15.7 Å². The van der Waals surface area contributed by atoms with Crippen molar-refractivity contribution in [3.8, 4) is 0 Å². The smallest absolute Gasteiger partial charge is 0.325 e. The topological polar surface area (TPSA) is 95.5 Å². The van der Waals surface area contributed by atoms with E-state index in [1.54, 1.807) is 12.1 Å². The van der Waals surface area contributed by atoms with Crippen LogP contribution in [0.25, 0.3) is 0 Å². The summed E-state index contributed by atoms with van der Waals surface area (Å²) in [5.41, 5.74) is 0.581. The Balaban J connectivity index is 2.87. The molecule has 0 aliphatic carbocycles. The lowest BCUT2D eigenvalue weighted by atomic mass is 10.1. The molecule has 0 heterocycles. The van der Waals surface area contributed by atoms with Crippen LogP contribution >= 0.6 is 0 Å². The average molecular weight is 250 g/mol. The largest absolute Gasteiger partial charge is 0.480 e. The summed E-state index contributed by atoms with van der Waals surface area (Å²) in [4.78, 5) is 33.7. The van der Waals surface area contributed by atoms with Gasteiger partial charge in [-0.2, -0.15) is 0 Å². The lowest BCUT2D eigenvalue weighted by molar-refractivity contribution is -0.138. The van der Waals surface area contributed by atoms with Gasteiger partial charge in [-0.25, -0.2) is 0 Å². The molecule has 0 bridgehead atoms. The Morgan fingerprint density at radius 3 is 2.22 bits per heavy atom. The molecular formula is C12H14N2O4. The second-order valence-electron chi connectivity index (χ2n) is 3.69. The van der Waals surface area contributed by atoms with Crippen LogP contribution in [0, 0.1) is 0 Å². The first kappa shape index (κ1) is 13.7. The summed E-state index contributed by atoms with van der Waals surface area (Å²) in [6, 6.07) is 5.06. The van der Waals surface area contributed by atoms with Gasteiger partial charge in [-0.1, -0.05) is 6.07 Å². The standard InChI is InChI=1S/C12H14N2O4/c1-7(12(17)18)14-11(16)9-5-3-4-8(6-9)10(15)13-2/h3-7H,1-2H3,(H,13,15)(H,14,16)(H,17,18). The Morgan fingerprint density at radius 2 is 1.72 bits per heavy atom. The minimum absolute atomic E-state index is 0.240. The Kier molecular flexibility index (Phi) is 4.42. The summed E-state index contributed by atoms with van der Waals surface area (Å²) in [6.45, 7) is 1.36. The van der Waals surface area contributed by atoms with Gasteiger partial charge in [-0.3, -0.25) is 14.4 Å².